The fourth-order valence-corrected chi connectivity index (χ4v) is 13.7. The summed E-state index contributed by atoms with van der Waals surface area (Å²) in [4.78, 5) is 65.8. The van der Waals surface area contributed by atoms with Crippen molar-refractivity contribution in [3.63, 3.8) is 0 Å². The second-order valence-corrected chi connectivity index (χ2v) is 24.9. The lowest BCUT2D eigenvalue weighted by Crippen LogP contribution is -2.63. The maximum absolute atomic E-state index is 15.2. The lowest BCUT2D eigenvalue weighted by atomic mass is 9.46. The predicted molar refractivity (Wildman–Crippen MR) is 265 cm³/mol. The van der Waals surface area contributed by atoms with Crippen molar-refractivity contribution < 1.29 is 61.4 Å². The van der Waals surface area contributed by atoms with Crippen LogP contribution in [-0.4, -0.2) is 88.3 Å². The smallest absolute Gasteiger partial charge is 0.460 e. The summed E-state index contributed by atoms with van der Waals surface area (Å²) >= 11 is 0. The van der Waals surface area contributed by atoms with Crippen molar-refractivity contribution in [2.24, 2.45) is 34.3 Å². The number of ether oxygens (including phenoxy) is 3. The van der Waals surface area contributed by atoms with Crippen LogP contribution in [0.15, 0.2) is 72.3 Å². The molecule has 1 heterocycles. The van der Waals surface area contributed by atoms with Crippen LogP contribution in [0.1, 0.15) is 138 Å². The number of rotatable bonds is 16. The van der Waals surface area contributed by atoms with Crippen LogP contribution in [0.5, 0.6) is 0 Å². The Bertz CT molecular complexity index is 2470. The fourth-order valence-electron chi connectivity index (χ4n) is 11.9. The highest BCUT2D eigenvalue weighted by Gasteiger charge is 2.76. The van der Waals surface area contributed by atoms with Crippen molar-refractivity contribution in [1.29, 1.82) is 0 Å². The Hall–Kier alpha value is -4.38. The molecular formula is C54H74N3O13P. The molecular weight excluding hydrogens is 930 g/mol. The molecule has 0 aromatic heterocycles. The second-order valence-electron chi connectivity index (χ2n) is 23.4. The molecule has 5 N–H and O–H groups in total. The van der Waals surface area contributed by atoms with Crippen LogP contribution in [-0.2, 0) is 62.7 Å². The number of allylic oxidation sites excluding steroid dienone is 4. The molecule has 1 saturated heterocycles. The zero-order valence-electron chi connectivity index (χ0n) is 43.1. The maximum Gasteiger partial charge on any atom is 0.476 e. The molecule has 5 aliphatic rings. The summed E-state index contributed by atoms with van der Waals surface area (Å²) in [5.74, 6) is -2.42. The summed E-state index contributed by atoms with van der Waals surface area (Å²) in [6.07, 6.45) is 5.17. The van der Waals surface area contributed by atoms with Crippen LogP contribution in [0.4, 0.5) is 5.69 Å². The van der Waals surface area contributed by atoms with E-state index in [0.29, 0.717) is 30.5 Å². The molecule has 17 heteroatoms. The summed E-state index contributed by atoms with van der Waals surface area (Å²) in [6, 6.07) is 13.9. The van der Waals surface area contributed by atoms with E-state index in [9.17, 15) is 28.8 Å². The van der Waals surface area contributed by atoms with Gasteiger partial charge in [-0.25, -0.2) is 4.57 Å². The average molecular weight is 1000 g/mol. The van der Waals surface area contributed by atoms with Gasteiger partial charge in [-0.3, -0.25) is 37.5 Å². The number of carbonyl (C=O) groups excluding carboxylic acids is 5. The first-order valence-corrected chi connectivity index (χ1v) is 26.3. The zero-order valence-corrected chi connectivity index (χ0v) is 44.0. The normalized spacial score (nSPS) is 29.8. The highest BCUT2D eigenvalue weighted by Crippen LogP contribution is 2.71. The molecule has 388 valence electrons. The summed E-state index contributed by atoms with van der Waals surface area (Å²) < 4.78 is 51.3. The minimum Gasteiger partial charge on any atom is -0.460 e. The number of hydrogen-bond acceptors (Lipinski definition) is 14. The van der Waals surface area contributed by atoms with Crippen molar-refractivity contribution >= 4 is 42.9 Å². The van der Waals surface area contributed by atoms with Gasteiger partial charge in [0.25, 0.3) is 0 Å². The summed E-state index contributed by atoms with van der Waals surface area (Å²) in [7, 11) is -4.33. The Morgan fingerprint density at radius 3 is 2.25 bits per heavy atom. The molecule has 1 aliphatic heterocycles. The Morgan fingerprint density at radius 2 is 1.62 bits per heavy atom. The molecule has 10 atom stereocenters. The Morgan fingerprint density at radius 1 is 0.944 bits per heavy atom. The van der Waals surface area contributed by atoms with E-state index in [1.54, 1.807) is 80.5 Å². The number of fused-ring (bicyclic) bond motifs is 7. The largest absolute Gasteiger partial charge is 0.476 e. The van der Waals surface area contributed by atoms with Crippen molar-refractivity contribution in [3.8, 4) is 0 Å². The first-order chi connectivity index (χ1) is 33.0. The number of nitrogens with two attached hydrogens (primary N) is 1. The Kier molecular flexibility index (Phi) is 15.4. The lowest BCUT2D eigenvalue weighted by molar-refractivity contribution is -0.201. The van der Waals surface area contributed by atoms with Gasteiger partial charge in [-0.05, 0) is 148 Å². The van der Waals surface area contributed by atoms with Gasteiger partial charge in [0.2, 0.25) is 11.8 Å². The number of Topliss-reactive ketones (excluding diaryl/α,β-unsaturated/α-hetero) is 1. The third kappa shape index (κ3) is 11.9. The molecule has 16 nitrogen and oxygen atoms in total. The minimum absolute atomic E-state index is 0.0142. The van der Waals surface area contributed by atoms with E-state index in [2.05, 4.69) is 17.6 Å². The monoisotopic (exact) mass is 1000 g/mol. The van der Waals surface area contributed by atoms with Crippen LogP contribution in [0, 0.1) is 28.6 Å². The molecule has 4 fully saturated rings. The molecule has 2 aromatic carbocycles. The Labute approximate surface area is 418 Å². The number of amides is 2. The third-order valence-corrected chi connectivity index (χ3v) is 16.5. The number of phosphoric acid groups is 1. The summed E-state index contributed by atoms with van der Waals surface area (Å²) in [5, 5.41) is 17.8. The Balaban J connectivity index is 1.11. The molecule has 3 saturated carbocycles. The van der Waals surface area contributed by atoms with Crippen LogP contribution < -0.4 is 16.4 Å². The first-order valence-electron chi connectivity index (χ1n) is 24.8. The van der Waals surface area contributed by atoms with Gasteiger partial charge in [0.15, 0.2) is 23.5 Å². The van der Waals surface area contributed by atoms with Crippen LogP contribution >= 0.6 is 7.82 Å². The molecule has 2 aromatic rings. The molecule has 0 unspecified atom stereocenters. The fraction of sp³-hybridized carbons (Fsp3) is 0.611. The van der Waals surface area contributed by atoms with E-state index in [4.69, 9.17) is 33.5 Å². The van der Waals surface area contributed by atoms with Crippen molar-refractivity contribution in [1.82, 2.24) is 5.32 Å². The molecule has 2 amide bonds. The number of hydrogen-bond donors (Lipinski definition) is 4. The number of aliphatic hydroxyl groups excluding tert-OH is 1. The molecule has 4 aliphatic carbocycles. The molecule has 0 bridgehead atoms. The van der Waals surface area contributed by atoms with Crippen molar-refractivity contribution in [2.75, 3.05) is 18.5 Å². The van der Waals surface area contributed by atoms with Crippen LogP contribution in [0.3, 0.4) is 0 Å². The summed E-state index contributed by atoms with van der Waals surface area (Å²) in [6.45, 7) is 18.7. The number of phosphoric ester groups is 1. The number of benzene rings is 2. The lowest BCUT2D eigenvalue weighted by Gasteiger charge is -2.59. The zero-order chi connectivity index (χ0) is 52.1. The topological polar surface area (TPSA) is 228 Å². The number of nitrogens with one attached hydrogen (secondary N) is 2. The minimum atomic E-state index is -4.33. The van der Waals surface area contributed by atoms with Gasteiger partial charge in [0.05, 0.1) is 30.0 Å². The molecule has 0 radical (unpaired) electrons. The predicted octanol–water partition coefficient (Wildman–Crippen LogP) is 8.15. The second kappa shape index (κ2) is 20.1. The van der Waals surface area contributed by atoms with E-state index in [1.165, 1.54) is 0 Å². The number of anilines is 1. The molecule has 0 spiro atoms. The third-order valence-electron chi connectivity index (χ3n) is 14.5. The van der Waals surface area contributed by atoms with E-state index in [0.717, 1.165) is 23.1 Å². The average Bonchev–Trinajstić information content (AvgIpc) is 3.75. The number of esters is 1. The number of carbonyl (C=O) groups is 5. The van der Waals surface area contributed by atoms with E-state index >= 15 is 4.79 Å². The van der Waals surface area contributed by atoms with E-state index in [-0.39, 0.29) is 49.3 Å². The maximum atomic E-state index is 15.2. The van der Waals surface area contributed by atoms with Gasteiger partial charge >= 0.3 is 13.8 Å². The SMILES string of the molecule is CC(C)(C)OC(=O)CC[C@H](NC(=O)CN)C(=O)Nc1cccc(Cc2ccc([C@@H]3O[C@@H]4C[C@H]5[C@@H]6CCC7=CC(=O)C=C[C@]7(C)[C@H]6[C@@H](O)C[C@]5(C)[C@]4(C(=O)COP(=O)(OC(C)(C)C)OC(C)(C)C)O3)cc2)c1. The van der Waals surface area contributed by atoms with Crippen LogP contribution in [0.25, 0.3) is 0 Å². The van der Waals surface area contributed by atoms with Gasteiger partial charge in [-0.2, -0.15) is 0 Å². The summed E-state index contributed by atoms with van der Waals surface area (Å²) in [5.41, 5.74) is 3.82. The molecule has 71 heavy (non-hydrogen) atoms. The van der Waals surface area contributed by atoms with Gasteiger partial charge in [0.1, 0.15) is 18.2 Å². The van der Waals surface area contributed by atoms with E-state index in [1.807, 2.05) is 55.5 Å². The van der Waals surface area contributed by atoms with Crippen LogP contribution in [0.2, 0.25) is 0 Å². The highest BCUT2D eigenvalue weighted by atomic mass is 31.2. The van der Waals surface area contributed by atoms with Gasteiger partial charge in [0, 0.05) is 34.4 Å². The number of aliphatic hydroxyl groups is 1. The molecule has 7 rings (SSSR count). The van der Waals surface area contributed by atoms with Gasteiger partial charge in [-0.15, -0.1) is 0 Å². The number of ketones is 2. The van der Waals surface area contributed by atoms with Crippen molar-refractivity contribution in [3.05, 3.63) is 89.0 Å². The van der Waals surface area contributed by atoms with Gasteiger partial charge in [-0.1, -0.05) is 61.9 Å². The first kappa shape index (κ1) is 54.4. The van der Waals surface area contributed by atoms with Gasteiger partial charge < -0.3 is 35.7 Å². The standard InChI is InChI=1S/C54H74N3O13P/c1-49(2,3)67-45(62)22-21-40(57-44(61)30-55)47(63)56-36-14-12-13-33(26-36)25-32-15-17-34(18-16-32)48-66-43-28-39-38-20-19-35-27-37(58)23-24-52(35,10)46(38)41(59)29-53(39,11)54(43,68-48)42(60)31-65-71(64,69-50(4,5)6)70-51(7,8)9/h12-18,23-24,26-27,38-41,43,46,48,59H,19-22,25,28-31,55H2,1-11H3,(H,56,63)(H,57,61)/t38-,39-,40-,41-,43+,46+,48+,52-,53-,54+/m0/s1. The van der Waals surface area contributed by atoms with Crippen molar-refractivity contribution in [2.45, 2.75) is 168 Å². The highest BCUT2D eigenvalue weighted by molar-refractivity contribution is 7.48. The quantitative estimate of drug-likeness (QED) is 0.0920. The van der Waals surface area contributed by atoms with E-state index < -0.39 is 95.8 Å².